The van der Waals surface area contributed by atoms with Gasteiger partial charge in [0.25, 0.3) is 0 Å². The largest absolute Gasteiger partial charge is 0.478 e. The number of carboxylic acid groups (broad SMARTS) is 1. The molecule has 3 N–H and O–H groups in total. The number of carboxylic acids is 1. The molecular formula is C17H14N4O4S2. The summed E-state index contributed by atoms with van der Waals surface area (Å²) in [4.78, 5) is 35.9. The topological polar surface area (TPSA) is 120 Å². The molecule has 3 rings (SSSR count). The molecule has 2 heterocycles. The molecule has 10 heteroatoms. The average Bonchev–Trinajstić information content (AvgIpc) is 3.26. The van der Waals surface area contributed by atoms with E-state index in [4.69, 9.17) is 5.11 Å². The molecule has 1 aromatic carbocycles. The molecule has 0 radical (unpaired) electrons. The minimum atomic E-state index is -1.04. The summed E-state index contributed by atoms with van der Waals surface area (Å²) in [6.45, 7) is 0. The Morgan fingerprint density at radius 2 is 2.04 bits per heavy atom. The van der Waals surface area contributed by atoms with Crippen LogP contribution in [0, 0.1) is 0 Å². The van der Waals surface area contributed by atoms with Crippen molar-refractivity contribution in [3.05, 3.63) is 52.2 Å². The number of benzene rings is 1. The second-order valence-electron chi connectivity index (χ2n) is 5.40. The molecule has 0 unspecified atom stereocenters. The zero-order chi connectivity index (χ0) is 19.2. The summed E-state index contributed by atoms with van der Waals surface area (Å²) < 4.78 is 0. The van der Waals surface area contributed by atoms with Crippen LogP contribution in [0.4, 0.5) is 5.69 Å². The fraction of sp³-hybridized carbons (Fsp3) is 0.118. The Morgan fingerprint density at radius 1 is 1.26 bits per heavy atom. The van der Waals surface area contributed by atoms with Crippen molar-refractivity contribution in [2.24, 2.45) is 10.2 Å². The Hall–Kier alpha value is -2.98. The molecule has 1 aliphatic heterocycles. The van der Waals surface area contributed by atoms with E-state index in [-0.39, 0.29) is 23.8 Å². The van der Waals surface area contributed by atoms with Gasteiger partial charge in [-0.1, -0.05) is 17.8 Å². The molecule has 0 saturated carbocycles. The van der Waals surface area contributed by atoms with E-state index in [1.54, 1.807) is 6.21 Å². The number of amidine groups is 1. The highest BCUT2D eigenvalue weighted by Crippen LogP contribution is 2.23. The van der Waals surface area contributed by atoms with Crippen LogP contribution in [-0.2, 0) is 9.59 Å². The number of nitrogens with zero attached hydrogens (tertiary/aromatic N) is 2. The van der Waals surface area contributed by atoms with Crippen molar-refractivity contribution in [3.63, 3.8) is 0 Å². The third kappa shape index (κ3) is 5.25. The van der Waals surface area contributed by atoms with Crippen LogP contribution in [-0.4, -0.2) is 39.5 Å². The van der Waals surface area contributed by atoms with E-state index in [0.717, 1.165) is 16.6 Å². The highest BCUT2D eigenvalue weighted by atomic mass is 32.2. The van der Waals surface area contributed by atoms with Gasteiger partial charge >= 0.3 is 5.97 Å². The summed E-state index contributed by atoms with van der Waals surface area (Å²) in [5.74, 6) is -1.70. The van der Waals surface area contributed by atoms with Gasteiger partial charge in [-0.3, -0.25) is 9.59 Å². The molecule has 0 bridgehead atoms. The molecule has 0 aliphatic carbocycles. The molecule has 1 aliphatic rings. The second-order valence-corrected chi connectivity index (χ2v) is 7.57. The molecule has 138 valence electrons. The van der Waals surface area contributed by atoms with Gasteiger partial charge in [0, 0.05) is 17.0 Å². The number of carbonyl (C=O) groups is 3. The van der Waals surface area contributed by atoms with Crippen molar-refractivity contribution in [1.82, 2.24) is 5.32 Å². The molecule has 0 spiro atoms. The fourth-order valence-electron chi connectivity index (χ4n) is 2.17. The van der Waals surface area contributed by atoms with E-state index in [9.17, 15) is 14.4 Å². The predicted molar refractivity (Wildman–Crippen MR) is 106 cm³/mol. The molecule has 1 atom stereocenters. The minimum Gasteiger partial charge on any atom is -0.478 e. The standard InChI is InChI=1S/C17H14N4O4S2/c22-14(19-11-5-3-10(4-6-11)16(24)25)8-13-15(23)20-17(27-13)21-18-9-12-2-1-7-26-12/h1-7,9,13H,8H2,(H,19,22)(H,24,25)(H,20,21,23)/b18-9-/t13-/m0/s1. The van der Waals surface area contributed by atoms with E-state index < -0.39 is 11.2 Å². The number of rotatable bonds is 6. The van der Waals surface area contributed by atoms with Gasteiger partial charge in [0.05, 0.1) is 11.8 Å². The Kier molecular flexibility index (Phi) is 5.99. The summed E-state index contributed by atoms with van der Waals surface area (Å²) in [5, 5.41) is 23.6. The Balaban J connectivity index is 1.53. The van der Waals surface area contributed by atoms with Crippen LogP contribution in [0.15, 0.2) is 52.0 Å². The summed E-state index contributed by atoms with van der Waals surface area (Å²) in [5.41, 5.74) is 0.588. The lowest BCUT2D eigenvalue weighted by Crippen LogP contribution is -2.28. The monoisotopic (exact) mass is 402 g/mol. The maximum Gasteiger partial charge on any atom is 0.335 e. The van der Waals surface area contributed by atoms with Gasteiger partial charge in [-0.15, -0.1) is 16.4 Å². The van der Waals surface area contributed by atoms with Gasteiger partial charge in [-0.25, -0.2) is 4.79 Å². The molecule has 8 nitrogen and oxygen atoms in total. The zero-order valence-corrected chi connectivity index (χ0v) is 15.4. The van der Waals surface area contributed by atoms with Crippen molar-refractivity contribution in [2.45, 2.75) is 11.7 Å². The molecule has 1 aromatic heterocycles. The van der Waals surface area contributed by atoms with E-state index in [1.165, 1.54) is 35.6 Å². The lowest BCUT2D eigenvalue weighted by atomic mass is 10.2. The first-order valence-electron chi connectivity index (χ1n) is 7.76. The van der Waals surface area contributed by atoms with Crippen molar-refractivity contribution in [3.8, 4) is 0 Å². The van der Waals surface area contributed by atoms with Gasteiger partial charge in [0.15, 0.2) is 5.17 Å². The summed E-state index contributed by atoms with van der Waals surface area (Å²) in [6.07, 6.45) is 1.55. The first-order chi connectivity index (χ1) is 13.0. The Morgan fingerprint density at radius 3 is 2.70 bits per heavy atom. The number of hydrogen-bond donors (Lipinski definition) is 3. The molecule has 2 amide bonds. The first kappa shape index (κ1) is 18.8. The molecule has 1 saturated heterocycles. The number of hydrogen-bond acceptors (Lipinski definition) is 7. The maximum absolute atomic E-state index is 12.1. The summed E-state index contributed by atoms with van der Waals surface area (Å²) >= 11 is 2.66. The number of amides is 2. The minimum absolute atomic E-state index is 0.0369. The van der Waals surface area contributed by atoms with Crippen molar-refractivity contribution >= 4 is 58.0 Å². The fourth-order valence-corrected chi connectivity index (χ4v) is 3.67. The van der Waals surface area contributed by atoms with Crippen LogP contribution < -0.4 is 10.6 Å². The number of nitrogens with one attached hydrogen (secondary N) is 2. The van der Waals surface area contributed by atoms with Crippen molar-refractivity contribution in [2.75, 3.05) is 5.32 Å². The van der Waals surface area contributed by atoms with Gasteiger partial charge in [-0.2, -0.15) is 5.10 Å². The first-order valence-corrected chi connectivity index (χ1v) is 9.52. The van der Waals surface area contributed by atoms with Crippen LogP contribution >= 0.6 is 23.1 Å². The number of carbonyl (C=O) groups excluding carboxylic acids is 2. The molecule has 1 fully saturated rings. The van der Waals surface area contributed by atoms with E-state index >= 15 is 0 Å². The average molecular weight is 402 g/mol. The van der Waals surface area contributed by atoms with Crippen LogP contribution in [0.5, 0.6) is 0 Å². The Bertz CT molecular complexity index is 908. The summed E-state index contributed by atoms with van der Waals surface area (Å²) in [6, 6.07) is 9.57. The van der Waals surface area contributed by atoms with Gasteiger partial charge in [0.1, 0.15) is 5.25 Å². The van der Waals surface area contributed by atoms with Crippen LogP contribution in [0.1, 0.15) is 21.7 Å². The van der Waals surface area contributed by atoms with E-state index in [2.05, 4.69) is 20.8 Å². The van der Waals surface area contributed by atoms with Crippen LogP contribution in [0.2, 0.25) is 0 Å². The van der Waals surface area contributed by atoms with E-state index in [0.29, 0.717) is 10.9 Å². The van der Waals surface area contributed by atoms with Crippen molar-refractivity contribution < 1.29 is 19.5 Å². The zero-order valence-electron chi connectivity index (χ0n) is 13.8. The molecular weight excluding hydrogens is 388 g/mol. The van der Waals surface area contributed by atoms with E-state index in [1.807, 2.05) is 17.5 Å². The third-order valence-corrected chi connectivity index (χ3v) is 5.32. The van der Waals surface area contributed by atoms with Crippen molar-refractivity contribution in [1.29, 1.82) is 0 Å². The SMILES string of the molecule is O=C(C[C@@H]1S/C(=N/N=C\c2cccs2)NC1=O)Nc1ccc(C(=O)O)cc1. The second kappa shape index (κ2) is 8.60. The van der Waals surface area contributed by atoms with Gasteiger partial charge < -0.3 is 15.7 Å². The number of thiophene rings is 1. The highest BCUT2D eigenvalue weighted by Gasteiger charge is 2.32. The molecule has 27 heavy (non-hydrogen) atoms. The Labute approximate surface area is 162 Å². The number of thioether (sulfide) groups is 1. The van der Waals surface area contributed by atoms with Gasteiger partial charge in [0.2, 0.25) is 11.8 Å². The van der Waals surface area contributed by atoms with Crippen LogP contribution in [0.3, 0.4) is 0 Å². The lowest BCUT2D eigenvalue weighted by Gasteiger charge is -2.07. The summed E-state index contributed by atoms with van der Waals surface area (Å²) in [7, 11) is 0. The smallest absolute Gasteiger partial charge is 0.335 e. The normalized spacial score (nSPS) is 18.0. The number of anilines is 1. The maximum atomic E-state index is 12.1. The predicted octanol–water partition coefficient (Wildman–Crippen LogP) is 2.40. The lowest BCUT2D eigenvalue weighted by molar-refractivity contribution is -0.122. The molecule has 2 aromatic rings. The van der Waals surface area contributed by atoms with Gasteiger partial charge in [-0.05, 0) is 35.7 Å². The van der Waals surface area contributed by atoms with Crippen LogP contribution in [0.25, 0.3) is 0 Å². The quantitative estimate of drug-likeness (QED) is 0.506. The third-order valence-electron chi connectivity index (χ3n) is 3.44. The number of aromatic carboxylic acids is 1. The highest BCUT2D eigenvalue weighted by molar-refractivity contribution is 8.15.